The molecule has 0 aliphatic carbocycles. The van der Waals surface area contributed by atoms with E-state index in [0.717, 1.165) is 22.3 Å². The number of hydrogen-bond acceptors (Lipinski definition) is 3. The van der Waals surface area contributed by atoms with Crippen molar-refractivity contribution in [3.63, 3.8) is 0 Å². The number of aryl methyl sites for hydroxylation is 1. The van der Waals surface area contributed by atoms with Crippen LogP contribution in [0.4, 0.5) is 0 Å². The van der Waals surface area contributed by atoms with E-state index in [-0.39, 0.29) is 23.6 Å². The van der Waals surface area contributed by atoms with Crippen molar-refractivity contribution in [3.05, 3.63) is 105 Å². The van der Waals surface area contributed by atoms with Gasteiger partial charge in [-0.05, 0) is 49.6 Å². The second-order valence-corrected chi connectivity index (χ2v) is 10.9. The lowest BCUT2D eigenvalue weighted by Crippen LogP contribution is -2.52. The third-order valence-corrected chi connectivity index (χ3v) is 7.23. The van der Waals surface area contributed by atoms with Crippen LogP contribution in [-0.4, -0.2) is 34.6 Å². The van der Waals surface area contributed by atoms with E-state index in [1.807, 2.05) is 81.4 Å². The minimum Gasteiger partial charge on any atom is -0.352 e. The SMILES string of the molecule is Cc1ccc(CN(C(=O)CSCc2ccc(Cl)cc2Cl)[C@@H](Cc2ccccc2)C(=O)NC(C)C)cc1. The van der Waals surface area contributed by atoms with Gasteiger partial charge in [0.1, 0.15) is 6.04 Å². The first-order valence-corrected chi connectivity index (χ1v) is 13.8. The predicted octanol–water partition coefficient (Wildman–Crippen LogP) is 6.70. The van der Waals surface area contributed by atoms with Gasteiger partial charge in [0.2, 0.25) is 11.8 Å². The molecule has 0 aromatic heterocycles. The monoisotopic (exact) mass is 542 g/mol. The Morgan fingerprint density at radius 2 is 1.64 bits per heavy atom. The molecule has 3 aromatic rings. The van der Waals surface area contributed by atoms with Gasteiger partial charge in [0.15, 0.2) is 0 Å². The van der Waals surface area contributed by atoms with Crippen LogP contribution in [0.5, 0.6) is 0 Å². The standard InChI is InChI=1S/C29H32Cl2N2O2S/c1-20(2)32-29(35)27(15-22-7-5-4-6-8-22)33(17-23-11-9-21(3)10-12-23)28(34)19-36-18-24-13-14-25(30)16-26(24)31/h4-14,16,20,27H,15,17-19H2,1-3H3,(H,32,35)/t27-/m0/s1. The Kier molecular flexibility index (Phi) is 10.7. The van der Waals surface area contributed by atoms with Crippen molar-refractivity contribution in [3.8, 4) is 0 Å². The van der Waals surface area contributed by atoms with Crippen molar-refractivity contribution in [2.24, 2.45) is 0 Å². The summed E-state index contributed by atoms with van der Waals surface area (Å²) in [5.74, 6) is 0.553. The van der Waals surface area contributed by atoms with E-state index < -0.39 is 6.04 Å². The normalized spacial score (nSPS) is 11.8. The van der Waals surface area contributed by atoms with Gasteiger partial charge in [-0.1, -0.05) is 89.4 Å². The summed E-state index contributed by atoms with van der Waals surface area (Å²) in [6.45, 7) is 6.23. The van der Waals surface area contributed by atoms with Gasteiger partial charge in [-0.2, -0.15) is 0 Å². The zero-order valence-electron chi connectivity index (χ0n) is 20.8. The maximum atomic E-state index is 13.6. The molecule has 4 nitrogen and oxygen atoms in total. The van der Waals surface area contributed by atoms with Gasteiger partial charge in [0.05, 0.1) is 5.75 Å². The Labute approximate surface area is 228 Å². The molecule has 0 heterocycles. The second-order valence-electron chi connectivity index (χ2n) is 9.10. The number of benzene rings is 3. The molecule has 1 N–H and O–H groups in total. The summed E-state index contributed by atoms with van der Waals surface area (Å²) in [5.41, 5.74) is 4.05. The number of rotatable bonds is 11. The molecule has 3 aromatic carbocycles. The molecular weight excluding hydrogens is 511 g/mol. The van der Waals surface area contributed by atoms with Crippen LogP contribution in [0.3, 0.4) is 0 Å². The molecule has 1 atom stereocenters. The minimum absolute atomic E-state index is 0.0338. The van der Waals surface area contributed by atoms with Gasteiger partial charge in [0, 0.05) is 34.8 Å². The largest absolute Gasteiger partial charge is 0.352 e. The van der Waals surface area contributed by atoms with E-state index in [9.17, 15) is 9.59 Å². The molecule has 0 unspecified atom stereocenters. The summed E-state index contributed by atoms with van der Waals surface area (Å²) in [7, 11) is 0. The minimum atomic E-state index is -0.636. The fraction of sp³-hybridized carbons (Fsp3) is 0.310. The molecule has 3 rings (SSSR count). The van der Waals surface area contributed by atoms with Gasteiger partial charge in [0.25, 0.3) is 0 Å². The summed E-state index contributed by atoms with van der Waals surface area (Å²) in [6.07, 6.45) is 0.435. The number of amides is 2. The quantitative estimate of drug-likeness (QED) is 0.293. The van der Waals surface area contributed by atoms with E-state index in [1.54, 1.807) is 17.0 Å². The van der Waals surface area contributed by atoms with E-state index in [2.05, 4.69) is 5.32 Å². The van der Waals surface area contributed by atoms with Gasteiger partial charge < -0.3 is 10.2 Å². The molecule has 0 radical (unpaired) electrons. The molecule has 2 amide bonds. The average Bonchev–Trinajstić information content (AvgIpc) is 2.84. The summed E-state index contributed by atoms with van der Waals surface area (Å²) in [6, 6.07) is 22.6. The second kappa shape index (κ2) is 13.7. The average molecular weight is 544 g/mol. The molecule has 7 heteroatoms. The first-order chi connectivity index (χ1) is 17.2. The lowest BCUT2D eigenvalue weighted by atomic mass is 10.0. The van der Waals surface area contributed by atoms with Crippen molar-refractivity contribution in [1.29, 1.82) is 0 Å². The highest BCUT2D eigenvalue weighted by Gasteiger charge is 2.30. The van der Waals surface area contributed by atoms with Gasteiger partial charge in [-0.15, -0.1) is 11.8 Å². The molecule has 0 bridgehead atoms. The van der Waals surface area contributed by atoms with Crippen molar-refractivity contribution in [2.75, 3.05) is 5.75 Å². The first kappa shape index (κ1) is 28.1. The maximum Gasteiger partial charge on any atom is 0.243 e. The fourth-order valence-corrected chi connectivity index (χ4v) is 5.26. The van der Waals surface area contributed by atoms with Gasteiger partial charge in [-0.25, -0.2) is 0 Å². The van der Waals surface area contributed by atoms with Crippen LogP contribution in [-0.2, 0) is 28.3 Å². The lowest BCUT2D eigenvalue weighted by molar-refractivity contribution is -0.139. The van der Waals surface area contributed by atoms with Gasteiger partial charge >= 0.3 is 0 Å². The lowest BCUT2D eigenvalue weighted by Gasteiger charge is -2.32. The zero-order valence-corrected chi connectivity index (χ0v) is 23.2. The molecule has 0 fully saturated rings. The summed E-state index contributed by atoms with van der Waals surface area (Å²) < 4.78 is 0. The van der Waals surface area contributed by atoms with Crippen molar-refractivity contribution in [2.45, 2.75) is 51.6 Å². The van der Waals surface area contributed by atoms with Crippen LogP contribution in [0, 0.1) is 6.92 Å². The Morgan fingerprint density at radius 3 is 2.28 bits per heavy atom. The predicted molar refractivity (Wildman–Crippen MR) is 152 cm³/mol. The van der Waals surface area contributed by atoms with Crippen molar-refractivity contribution >= 4 is 46.8 Å². The molecule has 0 saturated heterocycles. The Morgan fingerprint density at radius 1 is 0.944 bits per heavy atom. The number of carbonyl (C=O) groups excluding carboxylic acids is 2. The van der Waals surface area contributed by atoms with Crippen LogP contribution < -0.4 is 5.32 Å². The number of hydrogen-bond donors (Lipinski definition) is 1. The summed E-state index contributed by atoms with van der Waals surface area (Å²) in [4.78, 5) is 28.7. The molecule has 0 aliphatic heterocycles. The molecule has 0 spiro atoms. The number of carbonyl (C=O) groups is 2. The molecule has 36 heavy (non-hydrogen) atoms. The first-order valence-electron chi connectivity index (χ1n) is 11.9. The zero-order chi connectivity index (χ0) is 26.1. The van der Waals surface area contributed by atoms with Gasteiger partial charge in [-0.3, -0.25) is 9.59 Å². The van der Waals surface area contributed by atoms with Crippen LogP contribution in [0.25, 0.3) is 0 Å². The molecular formula is C29H32Cl2N2O2S. The smallest absolute Gasteiger partial charge is 0.243 e. The van der Waals surface area contributed by atoms with Crippen LogP contribution >= 0.6 is 35.0 Å². The number of nitrogens with one attached hydrogen (secondary N) is 1. The van der Waals surface area contributed by atoms with E-state index in [4.69, 9.17) is 23.2 Å². The molecule has 190 valence electrons. The van der Waals surface area contributed by atoms with Crippen LogP contribution in [0.2, 0.25) is 10.0 Å². The molecule has 0 aliphatic rings. The van der Waals surface area contributed by atoms with Crippen LogP contribution in [0.15, 0.2) is 72.8 Å². The highest BCUT2D eigenvalue weighted by atomic mass is 35.5. The third-order valence-electron chi connectivity index (χ3n) is 5.67. The number of halogens is 2. The van der Waals surface area contributed by atoms with E-state index >= 15 is 0 Å². The Balaban J connectivity index is 1.84. The third kappa shape index (κ3) is 8.58. The highest BCUT2D eigenvalue weighted by molar-refractivity contribution is 7.99. The van der Waals surface area contributed by atoms with Crippen molar-refractivity contribution < 1.29 is 9.59 Å². The summed E-state index contributed by atoms with van der Waals surface area (Å²) >= 11 is 13.8. The van der Waals surface area contributed by atoms with E-state index in [0.29, 0.717) is 28.8 Å². The number of nitrogens with zero attached hydrogens (tertiary/aromatic N) is 1. The maximum absolute atomic E-state index is 13.6. The van der Waals surface area contributed by atoms with E-state index in [1.165, 1.54) is 11.8 Å². The fourth-order valence-electron chi connectivity index (χ4n) is 3.79. The van der Waals surface area contributed by atoms with Crippen molar-refractivity contribution in [1.82, 2.24) is 10.2 Å². The Hall–Kier alpha value is -2.47. The Bertz CT molecular complexity index is 1150. The highest BCUT2D eigenvalue weighted by Crippen LogP contribution is 2.25. The molecule has 0 saturated carbocycles. The topological polar surface area (TPSA) is 49.4 Å². The summed E-state index contributed by atoms with van der Waals surface area (Å²) in [5, 5.41) is 4.18. The number of thioether (sulfide) groups is 1. The van der Waals surface area contributed by atoms with Crippen LogP contribution in [0.1, 0.15) is 36.1 Å².